The Hall–Kier alpha value is -2.78. The highest BCUT2D eigenvalue weighted by atomic mass is 35.5. The molecular formula is C38H50ClN3O4. The van der Waals surface area contributed by atoms with Crippen molar-refractivity contribution in [2.75, 3.05) is 52.5 Å². The van der Waals surface area contributed by atoms with Crippen molar-refractivity contribution < 1.29 is 19.7 Å². The van der Waals surface area contributed by atoms with E-state index in [9.17, 15) is 10.2 Å². The van der Waals surface area contributed by atoms with Crippen LogP contribution in [0.1, 0.15) is 75.4 Å². The van der Waals surface area contributed by atoms with E-state index < -0.39 is 16.6 Å². The van der Waals surface area contributed by atoms with Gasteiger partial charge in [-0.25, -0.2) is 0 Å². The molecule has 3 heterocycles. The lowest BCUT2D eigenvalue weighted by Gasteiger charge is -2.52. The number of aliphatic hydroxyl groups is 2. The molecule has 2 N–H and O–H groups in total. The van der Waals surface area contributed by atoms with Gasteiger partial charge < -0.3 is 29.5 Å². The number of ether oxygens (including phenoxy) is 2. The summed E-state index contributed by atoms with van der Waals surface area (Å²) in [4.78, 5) is 9.43. The second-order valence-corrected chi connectivity index (χ2v) is 13.9. The summed E-state index contributed by atoms with van der Waals surface area (Å²) in [6, 6.07) is 17.6. The summed E-state index contributed by atoms with van der Waals surface area (Å²) in [5.74, 6) is 0.790. The molecule has 0 amide bonds. The smallest absolute Gasteiger partial charge is 0.131 e. The van der Waals surface area contributed by atoms with E-state index in [2.05, 4.69) is 47.7 Å². The molecule has 1 fully saturated rings. The second kappa shape index (κ2) is 14.5. The maximum Gasteiger partial charge on any atom is 0.131 e. The van der Waals surface area contributed by atoms with E-state index in [0.717, 1.165) is 78.4 Å². The molecule has 2 unspecified atom stereocenters. The van der Waals surface area contributed by atoms with E-state index in [-0.39, 0.29) is 0 Å². The molecule has 2 atom stereocenters. The molecule has 0 saturated carbocycles. The lowest BCUT2D eigenvalue weighted by atomic mass is 9.65. The molecule has 0 bridgehead atoms. The standard InChI is InChI=1S/C38H50ClN3O4/c1-6-41(7-2)22-23-45-27-37(5)26-42(21-18-38(37,44)28-12-15-30(39)16-13-28)20-9-11-31-32-10-8-19-40-34(32)25-46-35-17-14-29(24-33(31)35)36(3,4)43/h8,10-17,19,24,43-44H,6-7,9,18,20-23,25-27H2,1-5H3. The predicted octanol–water partition coefficient (Wildman–Crippen LogP) is 6.63. The van der Waals surface area contributed by atoms with Crippen molar-refractivity contribution in [3.05, 3.63) is 99.8 Å². The van der Waals surface area contributed by atoms with Gasteiger partial charge >= 0.3 is 0 Å². The third kappa shape index (κ3) is 7.51. The van der Waals surface area contributed by atoms with Crippen LogP contribution < -0.4 is 4.74 Å². The summed E-state index contributed by atoms with van der Waals surface area (Å²) in [7, 11) is 0. The van der Waals surface area contributed by atoms with E-state index in [4.69, 9.17) is 21.1 Å². The summed E-state index contributed by atoms with van der Waals surface area (Å²) >= 11 is 6.23. The maximum absolute atomic E-state index is 12.3. The summed E-state index contributed by atoms with van der Waals surface area (Å²) in [5, 5.41) is 23.8. The van der Waals surface area contributed by atoms with Gasteiger partial charge in [0, 0.05) is 53.9 Å². The van der Waals surface area contributed by atoms with E-state index >= 15 is 0 Å². The molecule has 5 rings (SSSR count). The topological polar surface area (TPSA) is 78.3 Å². The van der Waals surface area contributed by atoms with E-state index in [1.807, 2.05) is 48.5 Å². The Labute approximate surface area is 279 Å². The monoisotopic (exact) mass is 647 g/mol. The highest BCUT2D eigenvalue weighted by Gasteiger charge is 2.51. The number of hydrogen-bond donors (Lipinski definition) is 2. The number of halogens is 1. The number of fused-ring (bicyclic) bond motifs is 2. The molecule has 0 spiro atoms. The molecule has 2 aliphatic heterocycles. The summed E-state index contributed by atoms with van der Waals surface area (Å²) in [6.45, 7) is 16.7. The molecule has 2 aliphatic rings. The summed E-state index contributed by atoms with van der Waals surface area (Å²) in [5.41, 5.74) is 3.15. The molecule has 2 aromatic carbocycles. The fourth-order valence-electron chi connectivity index (χ4n) is 6.88. The van der Waals surface area contributed by atoms with E-state index in [0.29, 0.717) is 37.8 Å². The molecule has 7 nitrogen and oxygen atoms in total. The summed E-state index contributed by atoms with van der Waals surface area (Å²) < 4.78 is 12.5. The van der Waals surface area contributed by atoms with Crippen LogP contribution >= 0.6 is 11.6 Å². The van der Waals surface area contributed by atoms with Crippen LogP contribution in [0.25, 0.3) is 5.57 Å². The SMILES string of the molecule is CCN(CC)CCOCC1(C)CN(CCC=C2c3cc(C(C)(C)O)ccc3OCc3ncccc32)CCC1(O)c1ccc(Cl)cc1. The minimum atomic E-state index is -1.04. The van der Waals surface area contributed by atoms with Crippen LogP contribution in [0.4, 0.5) is 0 Å². The Morgan fingerprint density at radius 3 is 2.59 bits per heavy atom. The van der Waals surface area contributed by atoms with Crippen LogP contribution in [0.2, 0.25) is 5.02 Å². The molecular weight excluding hydrogens is 598 g/mol. The Kier molecular flexibility index (Phi) is 10.9. The first-order chi connectivity index (χ1) is 22.0. The zero-order valence-corrected chi connectivity index (χ0v) is 28.8. The van der Waals surface area contributed by atoms with Crippen LogP contribution in [0.3, 0.4) is 0 Å². The molecule has 8 heteroatoms. The van der Waals surface area contributed by atoms with Gasteiger partial charge in [0.05, 0.1) is 30.1 Å². The average Bonchev–Trinajstić information content (AvgIpc) is 3.19. The fourth-order valence-corrected chi connectivity index (χ4v) is 7.00. The van der Waals surface area contributed by atoms with Crippen LogP contribution in [0, 0.1) is 5.41 Å². The zero-order valence-electron chi connectivity index (χ0n) is 28.1. The Bertz CT molecular complexity index is 1500. The van der Waals surface area contributed by atoms with Crippen molar-refractivity contribution >= 4 is 17.2 Å². The molecule has 46 heavy (non-hydrogen) atoms. The van der Waals surface area contributed by atoms with Gasteiger partial charge in [-0.15, -0.1) is 0 Å². The van der Waals surface area contributed by atoms with Crippen molar-refractivity contribution in [2.45, 2.75) is 65.3 Å². The van der Waals surface area contributed by atoms with Gasteiger partial charge in [0.25, 0.3) is 0 Å². The normalized spacial score (nSPS) is 22.8. The summed E-state index contributed by atoms with van der Waals surface area (Å²) in [6.07, 6.45) is 5.48. The highest BCUT2D eigenvalue weighted by molar-refractivity contribution is 6.30. The Balaban J connectivity index is 1.38. The maximum atomic E-state index is 12.3. The zero-order chi connectivity index (χ0) is 33.0. The average molecular weight is 648 g/mol. The highest BCUT2D eigenvalue weighted by Crippen LogP contribution is 2.47. The molecule has 0 radical (unpaired) electrons. The second-order valence-electron chi connectivity index (χ2n) is 13.5. The fraction of sp³-hybridized carbons (Fsp3) is 0.500. The number of aromatic nitrogens is 1. The van der Waals surface area contributed by atoms with Crippen molar-refractivity contribution in [1.82, 2.24) is 14.8 Å². The number of piperidine rings is 1. The van der Waals surface area contributed by atoms with E-state index in [1.165, 1.54) is 0 Å². The number of hydrogen-bond acceptors (Lipinski definition) is 7. The first-order valence-corrected chi connectivity index (χ1v) is 17.0. The molecule has 0 aliphatic carbocycles. The molecule has 248 valence electrons. The third-order valence-corrected chi connectivity index (χ3v) is 10.1. The number of likely N-dealkylation sites (N-methyl/N-ethyl adjacent to an activating group) is 1. The van der Waals surface area contributed by atoms with Crippen LogP contribution in [0.15, 0.2) is 66.9 Å². The van der Waals surface area contributed by atoms with Crippen molar-refractivity contribution in [2.24, 2.45) is 5.41 Å². The molecule has 1 saturated heterocycles. The van der Waals surface area contributed by atoms with Gasteiger partial charge in [-0.3, -0.25) is 4.98 Å². The number of pyridine rings is 1. The number of nitrogens with zero attached hydrogens (tertiary/aromatic N) is 3. The van der Waals surface area contributed by atoms with Crippen LogP contribution in [0.5, 0.6) is 5.75 Å². The third-order valence-electron chi connectivity index (χ3n) is 9.86. The van der Waals surface area contributed by atoms with Crippen LogP contribution in [-0.2, 0) is 22.5 Å². The minimum Gasteiger partial charge on any atom is -0.487 e. The Morgan fingerprint density at radius 1 is 1.11 bits per heavy atom. The quantitative estimate of drug-likeness (QED) is 0.214. The van der Waals surface area contributed by atoms with Gasteiger partial charge in [-0.2, -0.15) is 0 Å². The van der Waals surface area contributed by atoms with Gasteiger partial charge in [0.2, 0.25) is 0 Å². The predicted molar refractivity (Wildman–Crippen MR) is 185 cm³/mol. The first kappa shape index (κ1) is 34.6. The van der Waals surface area contributed by atoms with Gasteiger partial charge in [-0.05, 0) is 86.8 Å². The molecule has 1 aromatic heterocycles. The number of rotatable bonds is 12. The van der Waals surface area contributed by atoms with Crippen LogP contribution in [-0.4, -0.2) is 77.5 Å². The molecule has 3 aromatic rings. The van der Waals surface area contributed by atoms with Gasteiger partial charge in [0.1, 0.15) is 12.4 Å². The van der Waals surface area contributed by atoms with Crippen molar-refractivity contribution in [3.63, 3.8) is 0 Å². The van der Waals surface area contributed by atoms with Crippen molar-refractivity contribution in [3.8, 4) is 5.75 Å². The first-order valence-electron chi connectivity index (χ1n) is 16.6. The van der Waals surface area contributed by atoms with E-state index in [1.54, 1.807) is 20.0 Å². The van der Waals surface area contributed by atoms with Gasteiger partial charge in [0.15, 0.2) is 0 Å². The Morgan fingerprint density at radius 2 is 1.87 bits per heavy atom. The largest absolute Gasteiger partial charge is 0.487 e. The van der Waals surface area contributed by atoms with Gasteiger partial charge in [-0.1, -0.05) is 62.7 Å². The number of benzene rings is 2. The lowest BCUT2D eigenvalue weighted by molar-refractivity contribution is -0.162. The minimum absolute atomic E-state index is 0.393. The lowest BCUT2D eigenvalue weighted by Crippen LogP contribution is -2.59. The number of likely N-dealkylation sites (tertiary alicyclic amines) is 1. The van der Waals surface area contributed by atoms with Crippen molar-refractivity contribution in [1.29, 1.82) is 0 Å².